The molecule has 2 rings (SSSR count). The minimum absolute atomic E-state index is 0.109. The van der Waals surface area contributed by atoms with Crippen LogP contribution < -0.4 is 11.1 Å². The van der Waals surface area contributed by atoms with E-state index in [1.807, 2.05) is 37.3 Å². The zero-order chi connectivity index (χ0) is 13.7. The number of carbonyl (C=O) groups is 1. The molecule has 1 amide bonds. The van der Waals surface area contributed by atoms with Crippen LogP contribution in [0.4, 0.5) is 5.69 Å². The van der Waals surface area contributed by atoms with Gasteiger partial charge in [0.15, 0.2) is 0 Å². The van der Waals surface area contributed by atoms with Gasteiger partial charge >= 0.3 is 0 Å². The van der Waals surface area contributed by atoms with Crippen LogP contribution in [0, 0.1) is 0 Å². The molecule has 4 N–H and O–H groups in total. The highest BCUT2D eigenvalue weighted by molar-refractivity contribution is 8.00. The number of nitrogens with one attached hydrogen (secondary N) is 2. The average Bonchev–Trinajstić information content (AvgIpc) is 2.91. The molecule has 1 aromatic heterocycles. The molecule has 0 radical (unpaired) electrons. The van der Waals surface area contributed by atoms with E-state index in [9.17, 15) is 4.79 Å². The lowest BCUT2D eigenvalue weighted by atomic mass is 10.2. The first kappa shape index (κ1) is 13.5. The second kappa shape index (κ2) is 6.29. The largest absolute Gasteiger partial charge is 0.376 e. The number of primary amides is 1. The van der Waals surface area contributed by atoms with E-state index in [-0.39, 0.29) is 17.7 Å². The first-order valence-corrected chi connectivity index (χ1v) is 6.91. The summed E-state index contributed by atoms with van der Waals surface area (Å²) in [6.07, 6.45) is 1.72. The molecule has 0 aliphatic rings. The van der Waals surface area contributed by atoms with Crippen molar-refractivity contribution < 1.29 is 4.79 Å². The highest BCUT2D eigenvalue weighted by Gasteiger charge is 2.10. The average molecular weight is 276 g/mol. The van der Waals surface area contributed by atoms with Gasteiger partial charge in [-0.25, -0.2) is 0 Å². The van der Waals surface area contributed by atoms with Crippen LogP contribution >= 0.6 is 11.8 Å². The van der Waals surface area contributed by atoms with Crippen molar-refractivity contribution >= 4 is 23.4 Å². The number of amides is 1. The normalized spacial score (nSPS) is 12.1. The van der Waals surface area contributed by atoms with Crippen molar-refractivity contribution in [2.24, 2.45) is 5.73 Å². The second-order valence-electron chi connectivity index (χ2n) is 4.13. The standard InChI is InChI=1S/C13H16N4OS/c1-9(10-6-7-15-17-10)16-11-4-2-3-5-12(11)19-8-13(14)18/h2-7,9,16H,8H2,1H3,(H2,14,18)(H,15,17). The van der Waals surface area contributed by atoms with Gasteiger partial charge < -0.3 is 11.1 Å². The van der Waals surface area contributed by atoms with Gasteiger partial charge in [-0.1, -0.05) is 12.1 Å². The van der Waals surface area contributed by atoms with E-state index in [2.05, 4.69) is 15.5 Å². The molecule has 0 fully saturated rings. The van der Waals surface area contributed by atoms with Crippen LogP contribution in [0.25, 0.3) is 0 Å². The fourth-order valence-electron chi connectivity index (χ4n) is 1.68. The number of H-pyrrole nitrogens is 1. The molecule has 0 spiro atoms. The molecular formula is C13H16N4OS. The lowest BCUT2D eigenvalue weighted by molar-refractivity contribution is -0.115. The molecule has 0 aliphatic heterocycles. The first-order chi connectivity index (χ1) is 9.16. The number of para-hydroxylation sites is 1. The van der Waals surface area contributed by atoms with Gasteiger partial charge in [0.2, 0.25) is 5.91 Å². The summed E-state index contributed by atoms with van der Waals surface area (Å²) in [5, 5.41) is 10.3. The van der Waals surface area contributed by atoms with E-state index in [0.29, 0.717) is 0 Å². The highest BCUT2D eigenvalue weighted by atomic mass is 32.2. The van der Waals surface area contributed by atoms with Crippen LogP contribution in [-0.4, -0.2) is 21.9 Å². The molecule has 0 saturated carbocycles. The van der Waals surface area contributed by atoms with Gasteiger partial charge in [-0.05, 0) is 25.1 Å². The van der Waals surface area contributed by atoms with Gasteiger partial charge in [-0.2, -0.15) is 5.10 Å². The Bertz CT molecular complexity index is 541. The van der Waals surface area contributed by atoms with E-state index < -0.39 is 0 Å². The third kappa shape index (κ3) is 3.75. The van der Waals surface area contributed by atoms with Crippen molar-refractivity contribution in [3.05, 3.63) is 42.2 Å². The van der Waals surface area contributed by atoms with Gasteiger partial charge in [0.25, 0.3) is 0 Å². The number of aromatic nitrogens is 2. The number of benzene rings is 1. The van der Waals surface area contributed by atoms with Crippen LogP contribution in [0.15, 0.2) is 41.4 Å². The SMILES string of the molecule is CC(Nc1ccccc1SCC(N)=O)c1ccn[nH]1. The predicted octanol–water partition coefficient (Wildman–Crippen LogP) is 2.16. The van der Waals surface area contributed by atoms with Gasteiger partial charge in [0, 0.05) is 16.8 Å². The van der Waals surface area contributed by atoms with Crippen molar-refractivity contribution in [2.45, 2.75) is 17.9 Å². The minimum Gasteiger partial charge on any atom is -0.376 e. The zero-order valence-corrected chi connectivity index (χ0v) is 11.4. The molecule has 6 heteroatoms. The highest BCUT2D eigenvalue weighted by Crippen LogP contribution is 2.29. The number of hydrogen-bond acceptors (Lipinski definition) is 4. The molecule has 0 aliphatic carbocycles. The summed E-state index contributed by atoms with van der Waals surface area (Å²) in [5.41, 5.74) is 7.17. The van der Waals surface area contributed by atoms with E-state index >= 15 is 0 Å². The Morgan fingerprint density at radius 1 is 1.47 bits per heavy atom. The zero-order valence-electron chi connectivity index (χ0n) is 10.6. The maximum absolute atomic E-state index is 10.9. The molecule has 1 atom stereocenters. The number of nitrogens with zero attached hydrogens (tertiary/aromatic N) is 1. The molecule has 19 heavy (non-hydrogen) atoms. The summed E-state index contributed by atoms with van der Waals surface area (Å²) in [5.74, 6) is -0.0432. The van der Waals surface area contributed by atoms with Crippen molar-refractivity contribution in [3.8, 4) is 0 Å². The summed E-state index contributed by atoms with van der Waals surface area (Å²) < 4.78 is 0. The maximum Gasteiger partial charge on any atom is 0.227 e. The van der Waals surface area contributed by atoms with E-state index in [1.165, 1.54) is 11.8 Å². The lowest BCUT2D eigenvalue weighted by Gasteiger charge is -2.16. The van der Waals surface area contributed by atoms with Crippen LogP contribution in [0.1, 0.15) is 18.7 Å². The summed E-state index contributed by atoms with van der Waals surface area (Å²) in [6, 6.07) is 9.88. The summed E-state index contributed by atoms with van der Waals surface area (Å²) in [6.45, 7) is 2.04. The topological polar surface area (TPSA) is 83.8 Å². The van der Waals surface area contributed by atoms with Crippen LogP contribution in [0.5, 0.6) is 0 Å². The van der Waals surface area contributed by atoms with Crippen LogP contribution in [0.2, 0.25) is 0 Å². The lowest BCUT2D eigenvalue weighted by Crippen LogP contribution is -2.13. The fraction of sp³-hybridized carbons (Fsp3) is 0.231. The summed E-state index contributed by atoms with van der Waals surface area (Å²) in [7, 11) is 0. The Morgan fingerprint density at radius 2 is 2.26 bits per heavy atom. The molecule has 1 heterocycles. The quantitative estimate of drug-likeness (QED) is 0.706. The van der Waals surface area contributed by atoms with Crippen molar-refractivity contribution in [3.63, 3.8) is 0 Å². The Hall–Kier alpha value is -1.95. The molecule has 5 nitrogen and oxygen atoms in total. The number of carbonyl (C=O) groups excluding carboxylic acids is 1. The third-order valence-corrected chi connectivity index (χ3v) is 3.71. The first-order valence-electron chi connectivity index (χ1n) is 5.93. The number of aromatic amines is 1. The van der Waals surface area contributed by atoms with Crippen LogP contribution in [-0.2, 0) is 4.79 Å². The van der Waals surface area contributed by atoms with Gasteiger partial charge in [-0.15, -0.1) is 11.8 Å². The third-order valence-electron chi connectivity index (χ3n) is 2.62. The van der Waals surface area contributed by atoms with Gasteiger partial charge in [0.1, 0.15) is 0 Å². The van der Waals surface area contributed by atoms with Crippen molar-refractivity contribution in [2.75, 3.05) is 11.1 Å². The van der Waals surface area contributed by atoms with E-state index in [0.717, 1.165) is 16.3 Å². The number of rotatable bonds is 6. The molecule has 2 aromatic rings. The molecule has 0 bridgehead atoms. The molecule has 1 unspecified atom stereocenters. The number of thioether (sulfide) groups is 1. The Labute approximate surface area is 116 Å². The number of hydrogen-bond donors (Lipinski definition) is 3. The van der Waals surface area contributed by atoms with E-state index in [4.69, 9.17) is 5.73 Å². The summed E-state index contributed by atoms with van der Waals surface area (Å²) >= 11 is 1.43. The van der Waals surface area contributed by atoms with Gasteiger partial charge in [-0.3, -0.25) is 9.89 Å². The minimum atomic E-state index is -0.318. The monoisotopic (exact) mass is 276 g/mol. The smallest absolute Gasteiger partial charge is 0.227 e. The Balaban J connectivity index is 2.09. The predicted molar refractivity (Wildman–Crippen MR) is 77.0 cm³/mol. The van der Waals surface area contributed by atoms with Crippen molar-refractivity contribution in [1.29, 1.82) is 0 Å². The molecular weight excluding hydrogens is 260 g/mol. The Kier molecular flexibility index (Phi) is 4.46. The maximum atomic E-state index is 10.9. The van der Waals surface area contributed by atoms with Crippen molar-refractivity contribution in [1.82, 2.24) is 10.2 Å². The molecule has 0 saturated heterocycles. The Morgan fingerprint density at radius 3 is 2.95 bits per heavy atom. The summed E-state index contributed by atoms with van der Waals surface area (Å²) in [4.78, 5) is 11.9. The fourth-order valence-corrected chi connectivity index (χ4v) is 2.43. The van der Waals surface area contributed by atoms with Gasteiger partial charge in [0.05, 0.1) is 17.5 Å². The molecule has 1 aromatic carbocycles. The van der Waals surface area contributed by atoms with E-state index in [1.54, 1.807) is 6.20 Å². The molecule has 100 valence electrons. The second-order valence-corrected chi connectivity index (χ2v) is 5.15. The number of nitrogens with two attached hydrogens (primary N) is 1. The number of anilines is 1. The van der Waals surface area contributed by atoms with Crippen LogP contribution in [0.3, 0.4) is 0 Å².